The fourth-order valence-electron chi connectivity index (χ4n) is 3.76. The second-order valence-corrected chi connectivity index (χ2v) is 6.97. The number of benzene rings is 2. The Hall–Kier alpha value is -1.64. The Morgan fingerprint density at radius 2 is 1.71 bits per heavy atom. The van der Waals surface area contributed by atoms with Gasteiger partial charge in [0.2, 0.25) is 0 Å². The number of aliphatic hydroxyl groups excluding tert-OH is 1. The molecule has 1 aliphatic rings. The summed E-state index contributed by atoms with van der Waals surface area (Å²) >= 11 is 0. The fourth-order valence-corrected chi connectivity index (χ4v) is 3.76. The van der Waals surface area contributed by atoms with Crippen molar-refractivity contribution in [2.75, 3.05) is 13.1 Å². The molecule has 0 unspecified atom stereocenters. The molecular formula is C22H29NO. The van der Waals surface area contributed by atoms with Gasteiger partial charge in [-0.15, -0.1) is 0 Å². The van der Waals surface area contributed by atoms with Gasteiger partial charge in [0.1, 0.15) is 0 Å². The average Bonchev–Trinajstić information content (AvgIpc) is 2.74. The molecule has 0 spiro atoms. The Bertz CT molecular complexity index is 625. The van der Waals surface area contributed by atoms with Crippen molar-refractivity contribution in [3.63, 3.8) is 0 Å². The van der Waals surface area contributed by atoms with Gasteiger partial charge in [0.05, 0.1) is 6.10 Å². The molecule has 0 saturated heterocycles. The SMILES string of the molecule is C[C@@H]1[C@H](O)c2ccccc2CCN1CCCCCc1ccccc1. The summed E-state index contributed by atoms with van der Waals surface area (Å²) in [5.41, 5.74) is 3.87. The van der Waals surface area contributed by atoms with Crippen LogP contribution in [0.3, 0.4) is 0 Å². The second-order valence-electron chi connectivity index (χ2n) is 6.97. The third-order valence-corrected chi connectivity index (χ3v) is 5.33. The van der Waals surface area contributed by atoms with Gasteiger partial charge in [0, 0.05) is 12.6 Å². The summed E-state index contributed by atoms with van der Waals surface area (Å²) in [6, 6.07) is 19.3. The zero-order valence-corrected chi connectivity index (χ0v) is 14.7. The Labute approximate surface area is 146 Å². The summed E-state index contributed by atoms with van der Waals surface area (Å²) in [7, 11) is 0. The fraction of sp³-hybridized carbons (Fsp3) is 0.455. The van der Waals surface area contributed by atoms with Crippen LogP contribution in [0.15, 0.2) is 54.6 Å². The smallest absolute Gasteiger partial charge is 0.0945 e. The van der Waals surface area contributed by atoms with Crippen LogP contribution in [-0.4, -0.2) is 29.1 Å². The highest BCUT2D eigenvalue weighted by Gasteiger charge is 2.27. The van der Waals surface area contributed by atoms with E-state index in [1.807, 2.05) is 6.07 Å². The van der Waals surface area contributed by atoms with E-state index in [2.05, 4.69) is 60.4 Å². The number of unbranched alkanes of at least 4 members (excludes halogenated alkanes) is 2. The maximum Gasteiger partial charge on any atom is 0.0945 e. The van der Waals surface area contributed by atoms with Crippen LogP contribution in [0.2, 0.25) is 0 Å². The molecule has 2 aromatic carbocycles. The van der Waals surface area contributed by atoms with Gasteiger partial charge in [-0.3, -0.25) is 4.90 Å². The molecule has 1 N–H and O–H groups in total. The minimum atomic E-state index is -0.368. The van der Waals surface area contributed by atoms with Gasteiger partial charge >= 0.3 is 0 Å². The molecule has 2 heteroatoms. The van der Waals surface area contributed by atoms with Crippen LogP contribution in [0.4, 0.5) is 0 Å². The van der Waals surface area contributed by atoms with E-state index in [9.17, 15) is 5.11 Å². The molecule has 0 amide bonds. The van der Waals surface area contributed by atoms with E-state index in [4.69, 9.17) is 0 Å². The summed E-state index contributed by atoms with van der Waals surface area (Å²) in [6.45, 7) is 4.30. The highest BCUT2D eigenvalue weighted by Crippen LogP contribution is 2.28. The van der Waals surface area contributed by atoms with Crippen molar-refractivity contribution in [3.8, 4) is 0 Å². The maximum absolute atomic E-state index is 10.7. The zero-order chi connectivity index (χ0) is 16.8. The molecule has 24 heavy (non-hydrogen) atoms. The lowest BCUT2D eigenvalue weighted by molar-refractivity contribution is 0.0634. The first-order chi connectivity index (χ1) is 11.8. The molecule has 0 fully saturated rings. The minimum absolute atomic E-state index is 0.197. The summed E-state index contributed by atoms with van der Waals surface area (Å²) < 4.78 is 0. The molecule has 0 aromatic heterocycles. The van der Waals surface area contributed by atoms with Crippen molar-refractivity contribution in [2.45, 2.75) is 51.2 Å². The van der Waals surface area contributed by atoms with E-state index >= 15 is 0 Å². The second kappa shape index (κ2) is 8.46. The number of hydrogen-bond donors (Lipinski definition) is 1. The Morgan fingerprint density at radius 3 is 2.54 bits per heavy atom. The van der Waals surface area contributed by atoms with Crippen LogP contribution in [0.5, 0.6) is 0 Å². The molecule has 128 valence electrons. The van der Waals surface area contributed by atoms with Gasteiger partial charge in [-0.1, -0.05) is 61.0 Å². The predicted molar refractivity (Wildman–Crippen MR) is 100 cm³/mol. The number of aliphatic hydroxyl groups is 1. The molecule has 2 atom stereocenters. The molecule has 1 aliphatic heterocycles. The summed E-state index contributed by atoms with van der Waals surface area (Å²) in [5.74, 6) is 0. The van der Waals surface area contributed by atoms with Crippen LogP contribution < -0.4 is 0 Å². The number of nitrogens with zero attached hydrogens (tertiary/aromatic N) is 1. The molecule has 2 nitrogen and oxygen atoms in total. The molecule has 1 heterocycles. The molecule has 0 bridgehead atoms. The molecule has 3 rings (SSSR count). The van der Waals surface area contributed by atoms with E-state index in [1.54, 1.807) is 0 Å². The molecule has 0 saturated carbocycles. The molecule has 0 radical (unpaired) electrons. The van der Waals surface area contributed by atoms with Gasteiger partial charge in [0.15, 0.2) is 0 Å². The molecular weight excluding hydrogens is 294 g/mol. The zero-order valence-electron chi connectivity index (χ0n) is 14.7. The number of hydrogen-bond acceptors (Lipinski definition) is 2. The van der Waals surface area contributed by atoms with Crippen LogP contribution in [0, 0.1) is 0 Å². The first kappa shape index (κ1) is 17.2. The molecule has 2 aromatic rings. The lowest BCUT2D eigenvalue weighted by Gasteiger charge is -2.30. The van der Waals surface area contributed by atoms with E-state index in [0.717, 1.165) is 25.1 Å². The predicted octanol–water partition coefficient (Wildman–Crippen LogP) is 4.38. The van der Waals surface area contributed by atoms with Gasteiger partial charge in [-0.25, -0.2) is 0 Å². The van der Waals surface area contributed by atoms with Crippen LogP contribution in [0.25, 0.3) is 0 Å². The monoisotopic (exact) mass is 323 g/mol. The average molecular weight is 323 g/mol. The van der Waals surface area contributed by atoms with Crippen molar-refractivity contribution in [1.82, 2.24) is 4.90 Å². The first-order valence-corrected chi connectivity index (χ1v) is 9.29. The standard InChI is InChI=1S/C22H29NO/c1-18-22(24)21-14-8-7-13-20(21)15-17-23(18)16-9-3-6-12-19-10-4-2-5-11-19/h2,4-5,7-8,10-11,13-14,18,22,24H,3,6,9,12,15-17H2,1H3/t18-,22+/m1/s1. The molecule has 0 aliphatic carbocycles. The van der Waals surface area contributed by atoms with Crippen molar-refractivity contribution in [3.05, 3.63) is 71.3 Å². The summed E-state index contributed by atoms with van der Waals surface area (Å²) in [6.07, 6.45) is 5.55. The largest absolute Gasteiger partial charge is 0.387 e. The quantitative estimate of drug-likeness (QED) is 0.798. The first-order valence-electron chi connectivity index (χ1n) is 9.29. The topological polar surface area (TPSA) is 23.5 Å². The van der Waals surface area contributed by atoms with Crippen molar-refractivity contribution in [2.24, 2.45) is 0 Å². The van der Waals surface area contributed by atoms with Crippen molar-refractivity contribution < 1.29 is 5.11 Å². The number of rotatable bonds is 6. The lowest BCUT2D eigenvalue weighted by atomic mass is 9.98. The summed E-state index contributed by atoms with van der Waals surface area (Å²) in [4.78, 5) is 2.47. The Balaban J connectivity index is 1.46. The minimum Gasteiger partial charge on any atom is -0.387 e. The van der Waals surface area contributed by atoms with Gasteiger partial charge < -0.3 is 5.11 Å². The van der Waals surface area contributed by atoms with Gasteiger partial charge in [-0.2, -0.15) is 0 Å². The van der Waals surface area contributed by atoms with Crippen molar-refractivity contribution >= 4 is 0 Å². The third-order valence-electron chi connectivity index (χ3n) is 5.33. The van der Waals surface area contributed by atoms with E-state index in [1.165, 1.54) is 36.8 Å². The normalized spacial score (nSPS) is 21.2. The Kier molecular flexibility index (Phi) is 6.06. The van der Waals surface area contributed by atoms with Crippen LogP contribution >= 0.6 is 0 Å². The number of fused-ring (bicyclic) bond motifs is 1. The van der Waals surface area contributed by atoms with Crippen molar-refractivity contribution in [1.29, 1.82) is 0 Å². The Morgan fingerprint density at radius 1 is 0.958 bits per heavy atom. The third kappa shape index (κ3) is 4.25. The van der Waals surface area contributed by atoms with Crippen LogP contribution in [0.1, 0.15) is 49.0 Å². The van der Waals surface area contributed by atoms with Crippen LogP contribution in [-0.2, 0) is 12.8 Å². The van der Waals surface area contributed by atoms with E-state index < -0.39 is 0 Å². The maximum atomic E-state index is 10.7. The lowest BCUT2D eigenvalue weighted by Crippen LogP contribution is -2.37. The van der Waals surface area contributed by atoms with E-state index in [0.29, 0.717) is 0 Å². The highest BCUT2D eigenvalue weighted by molar-refractivity contribution is 5.31. The van der Waals surface area contributed by atoms with Gasteiger partial charge in [-0.05, 0) is 55.8 Å². The van der Waals surface area contributed by atoms with E-state index in [-0.39, 0.29) is 12.1 Å². The summed E-state index contributed by atoms with van der Waals surface area (Å²) in [5, 5.41) is 10.7. The number of aryl methyl sites for hydroxylation is 1. The van der Waals surface area contributed by atoms with Gasteiger partial charge in [0.25, 0.3) is 0 Å². The highest BCUT2D eigenvalue weighted by atomic mass is 16.3.